The Bertz CT molecular complexity index is 753. The molecule has 3 N–H and O–H groups in total. The lowest BCUT2D eigenvalue weighted by Gasteiger charge is -2.14. The molecule has 0 bridgehead atoms. The predicted molar refractivity (Wildman–Crippen MR) is 89.7 cm³/mol. The maximum atomic E-state index is 13.8. The van der Waals surface area contributed by atoms with E-state index < -0.39 is 11.6 Å². The largest absolute Gasteiger partial charge is 0.497 e. The molecule has 0 spiro atoms. The van der Waals surface area contributed by atoms with Gasteiger partial charge in [-0.05, 0) is 31.2 Å². The van der Waals surface area contributed by atoms with E-state index >= 15 is 0 Å². The highest BCUT2D eigenvalue weighted by Crippen LogP contribution is 2.28. The van der Waals surface area contributed by atoms with Crippen molar-refractivity contribution in [2.45, 2.75) is 13.0 Å². The SMILES string of the molecule is COc1ccc(OC)c(NC(=O)C[NH2+][C@H](C)c2ccc(F)cc2F)c1. The van der Waals surface area contributed by atoms with E-state index in [0.29, 0.717) is 22.7 Å². The van der Waals surface area contributed by atoms with Crippen molar-refractivity contribution in [2.24, 2.45) is 0 Å². The molecule has 0 saturated carbocycles. The highest BCUT2D eigenvalue weighted by Gasteiger charge is 2.17. The lowest BCUT2D eigenvalue weighted by atomic mass is 10.1. The molecular formula is C18H21F2N2O3+. The molecule has 25 heavy (non-hydrogen) atoms. The zero-order valence-electron chi connectivity index (χ0n) is 14.3. The van der Waals surface area contributed by atoms with Crippen molar-refractivity contribution in [1.29, 1.82) is 0 Å². The number of nitrogens with one attached hydrogen (secondary N) is 1. The molecule has 1 atom stereocenters. The Kier molecular flexibility index (Phi) is 6.30. The lowest BCUT2D eigenvalue weighted by Crippen LogP contribution is -2.86. The Labute approximate surface area is 144 Å². The van der Waals surface area contributed by atoms with Crippen LogP contribution in [0.1, 0.15) is 18.5 Å². The number of carbonyl (C=O) groups excluding carboxylic acids is 1. The summed E-state index contributed by atoms with van der Waals surface area (Å²) in [6.45, 7) is 1.81. The van der Waals surface area contributed by atoms with Crippen LogP contribution in [-0.2, 0) is 4.79 Å². The Hall–Kier alpha value is -2.67. The third-order valence-electron chi connectivity index (χ3n) is 3.79. The van der Waals surface area contributed by atoms with E-state index in [4.69, 9.17) is 9.47 Å². The minimum atomic E-state index is -0.628. The molecule has 7 heteroatoms. The van der Waals surface area contributed by atoms with Crippen molar-refractivity contribution in [2.75, 3.05) is 26.1 Å². The van der Waals surface area contributed by atoms with Gasteiger partial charge in [0.15, 0.2) is 6.54 Å². The van der Waals surface area contributed by atoms with Gasteiger partial charge < -0.3 is 20.1 Å². The van der Waals surface area contributed by atoms with Crippen molar-refractivity contribution >= 4 is 11.6 Å². The van der Waals surface area contributed by atoms with Gasteiger partial charge in [0.25, 0.3) is 5.91 Å². The summed E-state index contributed by atoms with van der Waals surface area (Å²) in [7, 11) is 3.03. The van der Waals surface area contributed by atoms with Gasteiger partial charge in [-0.15, -0.1) is 0 Å². The minimum absolute atomic E-state index is 0.0678. The molecule has 134 valence electrons. The molecule has 0 aliphatic rings. The number of nitrogens with two attached hydrogens (primary N) is 1. The number of anilines is 1. The van der Waals surface area contributed by atoms with E-state index in [-0.39, 0.29) is 18.5 Å². The van der Waals surface area contributed by atoms with E-state index in [1.165, 1.54) is 26.4 Å². The van der Waals surface area contributed by atoms with Crippen LogP contribution in [0.5, 0.6) is 11.5 Å². The Morgan fingerprint density at radius 2 is 1.92 bits per heavy atom. The predicted octanol–water partition coefficient (Wildman–Crippen LogP) is 2.25. The number of hydrogen-bond acceptors (Lipinski definition) is 3. The van der Waals surface area contributed by atoms with Crippen LogP contribution in [0.25, 0.3) is 0 Å². The van der Waals surface area contributed by atoms with E-state index in [2.05, 4.69) is 5.32 Å². The fraction of sp³-hybridized carbons (Fsp3) is 0.278. The molecule has 2 aromatic carbocycles. The van der Waals surface area contributed by atoms with Crippen LogP contribution in [0.2, 0.25) is 0 Å². The molecule has 0 saturated heterocycles. The fourth-order valence-corrected chi connectivity index (χ4v) is 2.39. The number of amides is 1. The number of benzene rings is 2. The molecule has 0 unspecified atom stereocenters. The molecule has 0 aliphatic heterocycles. The van der Waals surface area contributed by atoms with E-state index in [9.17, 15) is 13.6 Å². The van der Waals surface area contributed by atoms with Crippen molar-refractivity contribution in [3.05, 3.63) is 53.6 Å². The number of rotatable bonds is 7. The third-order valence-corrected chi connectivity index (χ3v) is 3.79. The smallest absolute Gasteiger partial charge is 0.279 e. The van der Waals surface area contributed by atoms with Crippen LogP contribution < -0.4 is 20.1 Å². The standard InChI is InChI=1S/C18H20F2N2O3/c1-11(14-6-4-12(19)8-15(14)20)21-10-18(23)22-16-9-13(24-2)5-7-17(16)25-3/h4-9,11,21H,10H2,1-3H3,(H,22,23)/p+1/t11-/m1/s1. The summed E-state index contributed by atoms with van der Waals surface area (Å²) in [4.78, 5) is 12.2. The van der Waals surface area contributed by atoms with Gasteiger partial charge >= 0.3 is 0 Å². The molecular weight excluding hydrogens is 330 g/mol. The Morgan fingerprint density at radius 3 is 2.56 bits per heavy atom. The topological polar surface area (TPSA) is 64.2 Å². The van der Waals surface area contributed by atoms with Gasteiger partial charge in [-0.1, -0.05) is 0 Å². The summed E-state index contributed by atoms with van der Waals surface area (Å²) in [6, 6.07) is 8.15. The van der Waals surface area contributed by atoms with Crippen LogP contribution in [-0.4, -0.2) is 26.7 Å². The summed E-state index contributed by atoms with van der Waals surface area (Å²) < 4.78 is 37.1. The highest BCUT2D eigenvalue weighted by molar-refractivity contribution is 5.93. The first-order valence-electron chi connectivity index (χ1n) is 7.74. The second-order valence-electron chi connectivity index (χ2n) is 5.51. The Morgan fingerprint density at radius 1 is 1.16 bits per heavy atom. The van der Waals surface area contributed by atoms with Gasteiger partial charge in [0, 0.05) is 17.7 Å². The minimum Gasteiger partial charge on any atom is -0.497 e. The van der Waals surface area contributed by atoms with Gasteiger partial charge in [0.1, 0.15) is 29.2 Å². The molecule has 0 aliphatic carbocycles. The lowest BCUT2D eigenvalue weighted by molar-refractivity contribution is -0.682. The van der Waals surface area contributed by atoms with Crippen LogP contribution in [0, 0.1) is 11.6 Å². The molecule has 0 fully saturated rings. The van der Waals surface area contributed by atoms with Gasteiger partial charge in [-0.3, -0.25) is 4.79 Å². The van der Waals surface area contributed by atoms with Gasteiger partial charge in [0.2, 0.25) is 0 Å². The number of quaternary nitrogens is 1. The maximum Gasteiger partial charge on any atom is 0.279 e. The summed E-state index contributed by atoms with van der Waals surface area (Å²) >= 11 is 0. The summed E-state index contributed by atoms with van der Waals surface area (Å²) in [5.41, 5.74) is 0.828. The number of methoxy groups -OCH3 is 2. The monoisotopic (exact) mass is 351 g/mol. The summed E-state index contributed by atoms with van der Waals surface area (Å²) in [5.74, 6) is -0.440. The molecule has 2 rings (SSSR count). The number of ether oxygens (including phenoxy) is 2. The zero-order valence-corrected chi connectivity index (χ0v) is 14.3. The molecule has 2 aromatic rings. The van der Waals surface area contributed by atoms with Crippen molar-refractivity contribution < 1.29 is 28.4 Å². The summed E-state index contributed by atoms with van der Waals surface area (Å²) in [5, 5.41) is 4.40. The number of hydrogen-bond donors (Lipinski definition) is 2. The van der Waals surface area contributed by atoms with Gasteiger partial charge in [-0.2, -0.15) is 0 Å². The van der Waals surface area contributed by atoms with Crippen LogP contribution in [0.15, 0.2) is 36.4 Å². The molecule has 0 heterocycles. The molecule has 5 nitrogen and oxygen atoms in total. The average Bonchev–Trinajstić information content (AvgIpc) is 2.59. The maximum absolute atomic E-state index is 13.8. The highest BCUT2D eigenvalue weighted by atomic mass is 19.1. The van der Waals surface area contributed by atoms with E-state index in [1.54, 1.807) is 30.4 Å². The van der Waals surface area contributed by atoms with Gasteiger partial charge in [-0.25, -0.2) is 8.78 Å². The quantitative estimate of drug-likeness (QED) is 0.804. The first kappa shape index (κ1) is 18.7. The number of carbonyl (C=O) groups is 1. The van der Waals surface area contributed by atoms with Crippen LogP contribution >= 0.6 is 0 Å². The molecule has 0 aromatic heterocycles. The van der Waals surface area contributed by atoms with E-state index in [1.807, 2.05) is 0 Å². The van der Waals surface area contributed by atoms with Gasteiger partial charge in [0.05, 0.1) is 19.9 Å². The van der Waals surface area contributed by atoms with Crippen molar-refractivity contribution in [3.8, 4) is 11.5 Å². The van der Waals surface area contributed by atoms with Crippen LogP contribution in [0.3, 0.4) is 0 Å². The number of halogens is 2. The van der Waals surface area contributed by atoms with E-state index in [0.717, 1.165) is 6.07 Å². The average molecular weight is 351 g/mol. The second kappa shape index (κ2) is 8.43. The fourth-order valence-electron chi connectivity index (χ4n) is 2.39. The third kappa shape index (κ3) is 4.90. The molecule has 0 radical (unpaired) electrons. The first-order valence-corrected chi connectivity index (χ1v) is 7.74. The molecule has 1 amide bonds. The van der Waals surface area contributed by atoms with Crippen molar-refractivity contribution in [3.63, 3.8) is 0 Å². The zero-order chi connectivity index (χ0) is 18.4. The first-order chi connectivity index (χ1) is 11.9. The summed E-state index contributed by atoms with van der Waals surface area (Å²) in [6.07, 6.45) is 0. The Balaban J connectivity index is 1.98. The normalized spacial score (nSPS) is 11.7. The van der Waals surface area contributed by atoms with Crippen LogP contribution in [0.4, 0.5) is 14.5 Å². The van der Waals surface area contributed by atoms with Crippen molar-refractivity contribution in [1.82, 2.24) is 0 Å². The second-order valence-corrected chi connectivity index (χ2v) is 5.51.